The second-order valence-electron chi connectivity index (χ2n) is 4.66. The van der Waals surface area contributed by atoms with Gasteiger partial charge in [0, 0.05) is 6.42 Å². The van der Waals surface area contributed by atoms with Crippen molar-refractivity contribution in [2.24, 2.45) is 0 Å². The molecule has 100 valence electrons. The fraction of sp³-hybridized carbons (Fsp3) is 0.538. The molecule has 0 saturated carbocycles. The standard InChI is InChI=1S/C13H18O4S/c1-3-13(8-9-16-13)10-17-18(14,15)12-6-4-11(2)5-7-12/h4-7H,3,8-10H2,1-2H3. The molecule has 1 fully saturated rings. The van der Waals surface area contributed by atoms with Gasteiger partial charge in [-0.05, 0) is 25.5 Å². The van der Waals surface area contributed by atoms with Gasteiger partial charge < -0.3 is 4.74 Å². The Hall–Kier alpha value is -0.910. The molecule has 1 aromatic carbocycles. The summed E-state index contributed by atoms with van der Waals surface area (Å²) in [7, 11) is -3.68. The van der Waals surface area contributed by atoms with E-state index in [0.29, 0.717) is 6.61 Å². The van der Waals surface area contributed by atoms with Gasteiger partial charge in [0.2, 0.25) is 0 Å². The molecule has 1 heterocycles. The molecule has 1 atom stereocenters. The van der Waals surface area contributed by atoms with Crippen LogP contribution in [0.5, 0.6) is 0 Å². The summed E-state index contributed by atoms with van der Waals surface area (Å²) < 4.78 is 34.5. The van der Waals surface area contributed by atoms with Gasteiger partial charge in [0.25, 0.3) is 10.1 Å². The second kappa shape index (κ2) is 4.99. The van der Waals surface area contributed by atoms with E-state index in [0.717, 1.165) is 18.4 Å². The van der Waals surface area contributed by atoms with Gasteiger partial charge in [-0.1, -0.05) is 24.6 Å². The van der Waals surface area contributed by atoms with E-state index >= 15 is 0 Å². The lowest BCUT2D eigenvalue weighted by atomic mass is 9.93. The van der Waals surface area contributed by atoms with E-state index in [-0.39, 0.29) is 11.5 Å². The summed E-state index contributed by atoms with van der Waals surface area (Å²) in [6.45, 7) is 4.66. The van der Waals surface area contributed by atoms with Crippen LogP contribution >= 0.6 is 0 Å². The molecular weight excluding hydrogens is 252 g/mol. The summed E-state index contributed by atoms with van der Waals surface area (Å²) in [6, 6.07) is 6.63. The molecule has 0 amide bonds. The van der Waals surface area contributed by atoms with E-state index in [2.05, 4.69) is 0 Å². The fourth-order valence-electron chi connectivity index (χ4n) is 1.84. The number of hydrogen-bond donors (Lipinski definition) is 0. The highest BCUT2D eigenvalue weighted by Gasteiger charge is 2.38. The third-order valence-electron chi connectivity index (χ3n) is 3.40. The summed E-state index contributed by atoms with van der Waals surface area (Å²) in [6.07, 6.45) is 1.61. The fourth-order valence-corrected chi connectivity index (χ4v) is 2.82. The van der Waals surface area contributed by atoms with Crippen molar-refractivity contribution >= 4 is 10.1 Å². The number of aryl methyl sites for hydroxylation is 1. The molecule has 18 heavy (non-hydrogen) atoms. The van der Waals surface area contributed by atoms with Crippen molar-refractivity contribution in [1.82, 2.24) is 0 Å². The molecule has 0 aliphatic carbocycles. The van der Waals surface area contributed by atoms with E-state index in [4.69, 9.17) is 8.92 Å². The highest BCUT2D eigenvalue weighted by molar-refractivity contribution is 7.86. The molecular formula is C13H18O4S. The molecule has 1 aromatic rings. The molecule has 0 radical (unpaired) electrons. The maximum atomic E-state index is 12.0. The first-order chi connectivity index (χ1) is 8.47. The molecule has 0 spiro atoms. The number of hydrogen-bond acceptors (Lipinski definition) is 4. The van der Waals surface area contributed by atoms with Gasteiger partial charge >= 0.3 is 0 Å². The zero-order valence-electron chi connectivity index (χ0n) is 10.7. The predicted octanol–water partition coefficient (Wildman–Crippen LogP) is 2.27. The van der Waals surface area contributed by atoms with E-state index in [1.54, 1.807) is 24.3 Å². The van der Waals surface area contributed by atoms with Gasteiger partial charge in [-0.15, -0.1) is 0 Å². The van der Waals surface area contributed by atoms with Crippen molar-refractivity contribution in [2.75, 3.05) is 13.2 Å². The molecule has 1 aliphatic rings. The quantitative estimate of drug-likeness (QED) is 0.770. The predicted molar refractivity (Wildman–Crippen MR) is 67.9 cm³/mol. The Kier molecular flexibility index (Phi) is 3.75. The second-order valence-corrected chi connectivity index (χ2v) is 6.28. The summed E-state index contributed by atoms with van der Waals surface area (Å²) in [4.78, 5) is 0.193. The Morgan fingerprint density at radius 3 is 2.39 bits per heavy atom. The lowest BCUT2D eigenvalue weighted by Crippen LogP contribution is -2.47. The Bertz CT molecular complexity index is 495. The average Bonchev–Trinajstić information content (AvgIpc) is 2.29. The van der Waals surface area contributed by atoms with Crippen LogP contribution in [0.4, 0.5) is 0 Å². The highest BCUT2D eigenvalue weighted by atomic mass is 32.2. The van der Waals surface area contributed by atoms with Gasteiger partial charge in [0.05, 0.1) is 23.7 Å². The summed E-state index contributed by atoms with van der Waals surface area (Å²) in [5.74, 6) is 0. The maximum Gasteiger partial charge on any atom is 0.297 e. The van der Waals surface area contributed by atoms with E-state index < -0.39 is 15.7 Å². The smallest absolute Gasteiger partial charge is 0.297 e. The monoisotopic (exact) mass is 270 g/mol. The maximum absolute atomic E-state index is 12.0. The van der Waals surface area contributed by atoms with E-state index in [9.17, 15) is 8.42 Å². The molecule has 2 rings (SSSR count). The molecule has 1 saturated heterocycles. The lowest BCUT2D eigenvalue weighted by Gasteiger charge is -2.40. The van der Waals surface area contributed by atoms with Crippen LogP contribution in [0.1, 0.15) is 25.3 Å². The van der Waals surface area contributed by atoms with E-state index in [1.807, 2.05) is 13.8 Å². The zero-order valence-corrected chi connectivity index (χ0v) is 11.5. The van der Waals surface area contributed by atoms with Crippen molar-refractivity contribution in [3.63, 3.8) is 0 Å². The lowest BCUT2D eigenvalue weighted by molar-refractivity contribution is -0.166. The molecule has 1 unspecified atom stereocenters. The van der Waals surface area contributed by atoms with Crippen molar-refractivity contribution in [3.05, 3.63) is 29.8 Å². The topological polar surface area (TPSA) is 52.6 Å². The Morgan fingerprint density at radius 1 is 1.33 bits per heavy atom. The van der Waals surface area contributed by atoms with Crippen LogP contribution in [0.3, 0.4) is 0 Å². The number of rotatable bonds is 5. The summed E-state index contributed by atoms with van der Waals surface area (Å²) in [5.41, 5.74) is 0.610. The van der Waals surface area contributed by atoms with Crippen LogP contribution < -0.4 is 0 Å². The molecule has 1 aliphatic heterocycles. The van der Waals surface area contributed by atoms with Crippen LogP contribution in [-0.2, 0) is 19.0 Å². The first-order valence-corrected chi connectivity index (χ1v) is 7.48. The highest BCUT2D eigenvalue weighted by Crippen LogP contribution is 2.31. The largest absolute Gasteiger partial charge is 0.372 e. The van der Waals surface area contributed by atoms with Gasteiger partial charge in [-0.2, -0.15) is 8.42 Å². The van der Waals surface area contributed by atoms with Crippen LogP contribution in [0.2, 0.25) is 0 Å². The summed E-state index contributed by atoms with van der Waals surface area (Å²) in [5, 5.41) is 0. The van der Waals surface area contributed by atoms with Crippen molar-refractivity contribution in [3.8, 4) is 0 Å². The van der Waals surface area contributed by atoms with Gasteiger partial charge in [-0.25, -0.2) is 0 Å². The summed E-state index contributed by atoms with van der Waals surface area (Å²) >= 11 is 0. The molecule has 0 bridgehead atoms. The zero-order chi connectivity index (χ0) is 13.2. The van der Waals surface area contributed by atoms with Crippen LogP contribution in [0.25, 0.3) is 0 Å². The van der Waals surface area contributed by atoms with Crippen molar-refractivity contribution in [1.29, 1.82) is 0 Å². The van der Waals surface area contributed by atoms with Crippen molar-refractivity contribution < 1.29 is 17.3 Å². The Balaban J connectivity index is 2.05. The third kappa shape index (κ3) is 2.74. The Labute approximate surface area is 108 Å². The normalized spacial score (nSPS) is 23.7. The van der Waals surface area contributed by atoms with Crippen molar-refractivity contribution in [2.45, 2.75) is 37.2 Å². The first-order valence-electron chi connectivity index (χ1n) is 6.07. The van der Waals surface area contributed by atoms with E-state index in [1.165, 1.54) is 0 Å². The third-order valence-corrected chi connectivity index (χ3v) is 4.67. The van der Waals surface area contributed by atoms with Crippen LogP contribution in [0.15, 0.2) is 29.2 Å². The first kappa shape index (κ1) is 13.5. The Morgan fingerprint density at radius 2 is 1.94 bits per heavy atom. The number of benzene rings is 1. The average molecular weight is 270 g/mol. The SMILES string of the molecule is CCC1(COS(=O)(=O)c2ccc(C)cc2)CCO1. The molecule has 4 nitrogen and oxygen atoms in total. The van der Waals surface area contributed by atoms with Gasteiger partial charge in [-0.3, -0.25) is 4.18 Å². The number of ether oxygens (including phenoxy) is 1. The molecule has 0 N–H and O–H groups in total. The minimum Gasteiger partial charge on any atom is -0.372 e. The minimum absolute atomic E-state index is 0.0969. The molecule has 0 aromatic heterocycles. The minimum atomic E-state index is -3.68. The van der Waals surface area contributed by atoms with Crippen LogP contribution in [0, 0.1) is 6.92 Å². The van der Waals surface area contributed by atoms with Gasteiger partial charge in [0.15, 0.2) is 0 Å². The molecule has 5 heteroatoms. The van der Waals surface area contributed by atoms with Crippen LogP contribution in [-0.4, -0.2) is 27.2 Å². The van der Waals surface area contributed by atoms with Gasteiger partial charge in [0.1, 0.15) is 0 Å².